The Morgan fingerprint density at radius 3 is 2.20 bits per heavy atom. The van der Waals surface area contributed by atoms with E-state index in [1.54, 1.807) is 0 Å². The molecule has 4 N–H and O–H groups in total. The quantitative estimate of drug-likeness (QED) is 0.676. The van der Waals surface area contributed by atoms with Crippen molar-refractivity contribution in [2.75, 3.05) is 13.1 Å². The van der Waals surface area contributed by atoms with E-state index in [-0.39, 0.29) is 29.7 Å². The van der Waals surface area contributed by atoms with Gasteiger partial charge in [0.2, 0.25) is 5.91 Å². The molecule has 0 aliphatic carbocycles. The monoisotopic (exact) mass is 347 g/mol. The lowest BCUT2D eigenvalue weighted by Crippen LogP contribution is -2.42. The molecule has 0 aromatic heterocycles. The van der Waals surface area contributed by atoms with Gasteiger partial charge in [0.15, 0.2) is 0 Å². The lowest BCUT2D eigenvalue weighted by molar-refractivity contribution is -0.121. The van der Waals surface area contributed by atoms with Gasteiger partial charge in [0.1, 0.15) is 0 Å². The van der Waals surface area contributed by atoms with Crippen molar-refractivity contribution in [1.82, 2.24) is 10.6 Å². The Morgan fingerprint density at radius 2 is 1.72 bits per heavy atom. The van der Waals surface area contributed by atoms with Gasteiger partial charge in [0.25, 0.3) is 5.91 Å². The number of nitrogens with two attached hydrogens (primary N) is 1. The average Bonchev–Trinajstić information content (AvgIpc) is 2.53. The average molecular weight is 348 g/mol. The van der Waals surface area contributed by atoms with Gasteiger partial charge < -0.3 is 16.4 Å². The lowest BCUT2D eigenvalue weighted by Gasteiger charge is -2.19. The Kier molecular flexibility index (Phi) is 8.10. The van der Waals surface area contributed by atoms with Gasteiger partial charge in [-0.15, -0.1) is 0 Å². The molecule has 0 bridgehead atoms. The van der Waals surface area contributed by atoms with Crippen LogP contribution in [0.3, 0.4) is 0 Å². The predicted molar refractivity (Wildman–Crippen MR) is 103 cm³/mol. The maximum Gasteiger partial charge on any atom is 0.251 e. The largest absolute Gasteiger partial charge is 0.352 e. The third-order valence-corrected chi connectivity index (χ3v) is 4.06. The van der Waals surface area contributed by atoms with Crippen LogP contribution in [0, 0.1) is 5.92 Å². The molecule has 140 valence electrons. The molecule has 0 fully saturated rings. The number of benzene rings is 1. The van der Waals surface area contributed by atoms with Crippen molar-refractivity contribution in [2.24, 2.45) is 11.7 Å². The molecule has 1 aromatic carbocycles. The van der Waals surface area contributed by atoms with Gasteiger partial charge in [-0.1, -0.05) is 46.8 Å². The third kappa shape index (κ3) is 7.69. The summed E-state index contributed by atoms with van der Waals surface area (Å²) in [6.45, 7) is 11.3. The molecule has 1 rings (SSSR count). The highest BCUT2D eigenvalue weighted by molar-refractivity contribution is 5.94. The summed E-state index contributed by atoms with van der Waals surface area (Å²) in [6, 6.07) is 7.58. The number of hydrogen-bond donors (Lipinski definition) is 3. The lowest BCUT2D eigenvalue weighted by atomic mass is 9.87. The van der Waals surface area contributed by atoms with E-state index in [4.69, 9.17) is 5.73 Å². The number of carbonyl (C=O) groups excluding carboxylic acids is 2. The maximum atomic E-state index is 12.1. The van der Waals surface area contributed by atoms with Crippen LogP contribution in [0.1, 0.15) is 63.4 Å². The van der Waals surface area contributed by atoms with Crippen LogP contribution in [0.15, 0.2) is 24.3 Å². The molecule has 25 heavy (non-hydrogen) atoms. The maximum absolute atomic E-state index is 12.1. The first-order valence-electron chi connectivity index (χ1n) is 9.01. The van der Waals surface area contributed by atoms with Gasteiger partial charge in [0, 0.05) is 31.1 Å². The van der Waals surface area contributed by atoms with Crippen LogP contribution in [-0.2, 0) is 10.2 Å². The molecule has 1 aromatic rings. The number of nitrogens with one attached hydrogen (secondary N) is 2. The van der Waals surface area contributed by atoms with Gasteiger partial charge >= 0.3 is 0 Å². The summed E-state index contributed by atoms with van der Waals surface area (Å²) in [7, 11) is 0. The molecule has 0 saturated carbocycles. The summed E-state index contributed by atoms with van der Waals surface area (Å²) < 4.78 is 0. The molecule has 5 heteroatoms. The van der Waals surface area contributed by atoms with E-state index in [1.165, 1.54) is 5.56 Å². The van der Waals surface area contributed by atoms with Crippen LogP contribution in [0.5, 0.6) is 0 Å². The van der Waals surface area contributed by atoms with Crippen LogP contribution in [-0.4, -0.2) is 30.9 Å². The normalized spacial score (nSPS) is 12.8. The van der Waals surface area contributed by atoms with Crippen LogP contribution in [0.4, 0.5) is 0 Å². The van der Waals surface area contributed by atoms with Gasteiger partial charge in [-0.2, -0.15) is 0 Å². The van der Waals surface area contributed by atoms with Crippen molar-refractivity contribution in [1.29, 1.82) is 0 Å². The number of carbonyl (C=O) groups is 2. The zero-order chi connectivity index (χ0) is 19.0. The summed E-state index contributed by atoms with van der Waals surface area (Å²) in [6.07, 6.45) is 1.11. The second-order valence-corrected chi connectivity index (χ2v) is 7.96. The van der Waals surface area contributed by atoms with Crippen LogP contribution in [0.25, 0.3) is 0 Å². The van der Waals surface area contributed by atoms with Crippen LogP contribution >= 0.6 is 0 Å². The highest BCUT2D eigenvalue weighted by atomic mass is 16.2. The fourth-order valence-corrected chi connectivity index (χ4v) is 2.60. The fourth-order valence-electron chi connectivity index (χ4n) is 2.60. The molecule has 0 saturated heterocycles. The van der Waals surface area contributed by atoms with Crippen molar-refractivity contribution in [2.45, 2.75) is 58.9 Å². The first-order chi connectivity index (χ1) is 11.6. The Balaban J connectivity index is 2.42. The zero-order valence-electron chi connectivity index (χ0n) is 16.2. The standard InChI is InChI=1S/C20H33N3O2/c1-14(2)12-17(13-21)23-18(24)10-11-22-19(25)15-6-8-16(9-7-15)20(3,4)5/h6-9,14,17H,10-13,21H2,1-5H3,(H,22,25)(H,23,24). The summed E-state index contributed by atoms with van der Waals surface area (Å²) in [5.74, 6) is 0.231. The minimum Gasteiger partial charge on any atom is -0.352 e. The molecule has 0 radical (unpaired) electrons. The molecule has 2 amide bonds. The van der Waals surface area contributed by atoms with Gasteiger partial charge in [-0.25, -0.2) is 0 Å². The highest BCUT2D eigenvalue weighted by Gasteiger charge is 2.15. The smallest absolute Gasteiger partial charge is 0.251 e. The molecule has 0 aliphatic heterocycles. The Hall–Kier alpha value is -1.88. The summed E-state index contributed by atoms with van der Waals surface area (Å²) in [5.41, 5.74) is 7.53. The first kappa shape index (κ1) is 21.2. The molecule has 0 spiro atoms. The van der Waals surface area contributed by atoms with Crippen molar-refractivity contribution in [3.8, 4) is 0 Å². The van der Waals surface area contributed by atoms with E-state index < -0.39 is 0 Å². The SMILES string of the molecule is CC(C)CC(CN)NC(=O)CCNC(=O)c1ccc(C(C)(C)C)cc1. The summed E-state index contributed by atoms with van der Waals surface area (Å²) >= 11 is 0. The topological polar surface area (TPSA) is 84.2 Å². The zero-order valence-corrected chi connectivity index (χ0v) is 16.2. The van der Waals surface area contributed by atoms with Crippen LogP contribution < -0.4 is 16.4 Å². The Labute approximate surface area is 151 Å². The minimum absolute atomic E-state index is 0.00635. The van der Waals surface area contributed by atoms with E-state index in [9.17, 15) is 9.59 Å². The second kappa shape index (κ2) is 9.56. The van der Waals surface area contributed by atoms with Gasteiger partial charge in [-0.3, -0.25) is 9.59 Å². The number of hydrogen-bond acceptors (Lipinski definition) is 3. The van der Waals surface area contributed by atoms with Crippen molar-refractivity contribution in [3.05, 3.63) is 35.4 Å². The van der Waals surface area contributed by atoms with Crippen molar-refractivity contribution >= 4 is 11.8 Å². The van der Waals surface area contributed by atoms with E-state index >= 15 is 0 Å². The van der Waals surface area contributed by atoms with E-state index in [2.05, 4.69) is 45.3 Å². The molecule has 0 aliphatic rings. The highest BCUT2D eigenvalue weighted by Crippen LogP contribution is 2.22. The van der Waals surface area contributed by atoms with Crippen LogP contribution in [0.2, 0.25) is 0 Å². The van der Waals surface area contributed by atoms with Gasteiger partial charge in [-0.05, 0) is 35.4 Å². The van der Waals surface area contributed by atoms with Gasteiger partial charge in [0.05, 0.1) is 0 Å². The molecule has 1 unspecified atom stereocenters. The Bertz CT molecular complexity index is 559. The van der Waals surface area contributed by atoms with Crippen molar-refractivity contribution in [3.63, 3.8) is 0 Å². The molecule has 1 atom stereocenters. The molecular weight excluding hydrogens is 314 g/mol. The van der Waals surface area contributed by atoms with E-state index in [0.29, 0.717) is 24.6 Å². The number of rotatable bonds is 8. The number of amides is 2. The fraction of sp³-hybridized carbons (Fsp3) is 0.600. The molecule has 0 heterocycles. The summed E-state index contributed by atoms with van der Waals surface area (Å²) in [5, 5.41) is 5.71. The van der Waals surface area contributed by atoms with Crippen molar-refractivity contribution < 1.29 is 9.59 Å². The predicted octanol–water partition coefficient (Wildman–Crippen LogP) is 2.59. The molecular formula is C20H33N3O2. The summed E-state index contributed by atoms with van der Waals surface area (Å²) in [4.78, 5) is 24.1. The van der Waals surface area contributed by atoms with E-state index in [0.717, 1.165) is 6.42 Å². The first-order valence-corrected chi connectivity index (χ1v) is 9.01. The molecule has 5 nitrogen and oxygen atoms in total. The van der Waals surface area contributed by atoms with E-state index in [1.807, 2.05) is 24.3 Å². The third-order valence-electron chi connectivity index (χ3n) is 4.06. The minimum atomic E-state index is -0.161. The second-order valence-electron chi connectivity index (χ2n) is 7.96. The Morgan fingerprint density at radius 1 is 1.12 bits per heavy atom.